The Hall–Kier alpha value is -2.61. The average molecular weight is 261 g/mol. The molecule has 2 heteroatoms. The highest BCUT2D eigenvalue weighted by Gasteiger charge is 2.43. The highest BCUT2D eigenvalue weighted by molar-refractivity contribution is 6.15. The topological polar surface area (TPSA) is 20.3 Å². The minimum atomic E-state index is -0.0240. The Morgan fingerprint density at radius 3 is 2.15 bits per heavy atom. The van der Waals surface area contributed by atoms with Gasteiger partial charge in [-0.2, -0.15) is 0 Å². The summed E-state index contributed by atoms with van der Waals surface area (Å²) in [5.74, 6) is 0.0463. The lowest BCUT2D eigenvalue weighted by molar-refractivity contribution is -0.119. The highest BCUT2D eigenvalue weighted by atomic mass is 16.2. The molecular formula is C18H15NO. The summed E-state index contributed by atoms with van der Waals surface area (Å²) >= 11 is 0. The summed E-state index contributed by atoms with van der Waals surface area (Å²) in [6.07, 6.45) is 3.48. The fraction of sp³-hybridized carbons (Fsp3) is 0.0556. The van der Waals surface area contributed by atoms with Crippen LogP contribution in [-0.4, -0.2) is 5.91 Å². The van der Waals surface area contributed by atoms with Crippen molar-refractivity contribution < 1.29 is 4.79 Å². The minimum Gasteiger partial charge on any atom is -0.297 e. The number of para-hydroxylation sites is 1. The first kappa shape index (κ1) is 12.4. The van der Waals surface area contributed by atoms with Crippen molar-refractivity contribution in [2.45, 2.75) is 6.04 Å². The van der Waals surface area contributed by atoms with Crippen LogP contribution in [-0.2, 0) is 4.79 Å². The van der Waals surface area contributed by atoms with Gasteiger partial charge in [0.25, 0.3) is 5.91 Å². The van der Waals surface area contributed by atoms with E-state index in [9.17, 15) is 4.79 Å². The SMILES string of the molecule is C=C/C=C1/C(=O)N(c2ccccc2)[C@@H]1c1ccccc1. The molecule has 1 saturated heterocycles. The van der Waals surface area contributed by atoms with Crippen molar-refractivity contribution in [1.29, 1.82) is 0 Å². The second-order valence-electron chi connectivity index (χ2n) is 4.68. The van der Waals surface area contributed by atoms with Crippen molar-refractivity contribution in [3.8, 4) is 0 Å². The van der Waals surface area contributed by atoms with E-state index in [4.69, 9.17) is 0 Å². The molecule has 20 heavy (non-hydrogen) atoms. The van der Waals surface area contributed by atoms with E-state index in [1.807, 2.05) is 65.6 Å². The van der Waals surface area contributed by atoms with E-state index in [1.54, 1.807) is 12.2 Å². The summed E-state index contributed by atoms with van der Waals surface area (Å²) in [5.41, 5.74) is 2.83. The van der Waals surface area contributed by atoms with Crippen molar-refractivity contribution in [1.82, 2.24) is 0 Å². The third-order valence-electron chi connectivity index (χ3n) is 3.47. The van der Waals surface area contributed by atoms with E-state index in [0.717, 1.165) is 16.8 Å². The zero-order chi connectivity index (χ0) is 13.9. The second kappa shape index (κ2) is 5.17. The van der Waals surface area contributed by atoms with E-state index in [2.05, 4.69) is 6.58 Å². The predicted molar refractivity (Wildman–Crippen MR) is 81.4 cm³/mol. The third-order valence-corrected chi connectivity index (χ3v) is 3.47. The monoisotopic (exact) mass is 261 g/mol. The van der Waals surface area contributed by atoms with Crippen LogP contribution in [0.15, 0.2) is 85.0 Å². The molecule has 0 spiro atoms. The van der Waals surface area contributed by atoms with E-state index in [-0.39, 0.29) is 11.9 Å². The van der Waals surface area contributed by atoms with Gasteiger partial charge in [0.2, 0.25) is 0 Å². The van der Waals surface area contributed by atoms with Crippen LogP contribution in [0.25, 0.3) is 0 Å². The second-order valence-corrected chi connectivity index (χ2v) is 4.68. The molecule has 2 aromatic rings. The number of rotatable bonds is 3. The van der Waals surface area contributed by atoms with Gasteiger partial charge in [-0.3, -0.25) is 9.69 Å². The summed E-state index contributed by atoms with van der Waals surface area (Å²) in [6.45, 7) is 3.70. The molecule has 1 fully saturated rings. The van der Waals surface area contributed by atoms with E-state index < -0.39 is 0 Å². The number of β-lactam (4-membered cyclic amide) rings is 1. The summed E-state index contributed by atoms with van der Waals surface area (Å²) in [4.78, 5) is 14.2. The summed E-state index contributed by atoms with van der Waals surface area (Å²) in [5, 5.41) is 0. The minimum absolute atomic E-state index is 0.0240. The van der Waals surface area contributed by atoms with Gasteiger partial charge in [-0.1, -0.05) is 67.3 Å². The third kappa shape index (κ3) is 1.95. The van der Waals surface area contributed by atoms with Crippen molar-refractivity contribution in [3.05, 3.63) is 90.5 Å². The molecule has 3 rings (SSSR count). The largest absolute Gasteiger partial charge is 0.297 e. The molecular weight excluding hydrogens is 246 g/mol. The summed E-state index contributed by atoms with van der Waals surface area (Å²) < 4.78 is 0. The fourth-order valence-corrected chi connectivity index (χ4v) is 2.55. The molecule has 98 valence electrons. The van der Waals surface area contributed by atoms with Gasteiger partial charge in [-0.25, -0.2) is 0 Å². The van der Waals surface area contributed by atoms with Crippen LogP contribution >= 0.6 is 0 Å². The summed E-state index contributed by atoms with van der Waals surface area (Å²) in [6, 6.07) is 19.8. The Bertz CT molecular complexity index is 658. The lowest BCUT2D eigenvalue weighted by Gasteiger charge is -2.43. The van der Waals surface area contributed by atoms with E-state index >= 15 is 0 Å². The van der Waals surface area contributed by atoms with E-state index in [1.165, 1.54) is 0 Å². The zero-order valence-electron chi connectivity index (χ0n) is 11.1. The normalized spacial score (nSPS) is 19.8. The first-order valence-corrected chi connectivity index (χ1v) is 6.59. The maximum absolute atomic E-state index is 12.3. The number of allylic oxidation sites excluding steroid dienone is 2. The first-order valence-electron chi connectivity index (χ1n) is 6.59. The number of carbonyl (C=O) groups excluding carboxylic acids is 1. The molecule has 1 atom stereocenters. The number of nitrogens with zero attached hydrogens (tertiary/aromatic N) is 1. The van der Waals surface area contributed by atoms with Crippen LogP contribution < -0.4 is 4.90 Å². The first-order chi connectivity index (χ1) is 9.83. The smallest absolute Gasteiger partial charge is 0.257 e. The molecule has 2 nitrogen and oxygen atoms in total. The Kier molecular flexibility index (Phi) is 3.21. The van der Waals surface area contributed by atoms with Gasteiger partial charge in [-0.15, -0.1) is 0 Å². The molecule has 0 unspecified atom stereocenters. The molecule has 0 saturated carbocycles. The number of anilines is 1. The molecule has 0 bridgehead atoms. The Morgan fingerprint density at radius 2 is 1.55 bits per heavy atom. The van der Waals surface area contributed by atoms with Gasteiger partial charge >= 0.3 is 0 Å². The van der Waals surface area contributed by atoms with E-state index in [0.29, 0.717) is 0 Å². The number of hydrogen-bond donors (Lipinski definition) is 0. The molecule has 1 amide bonds. The Balaban J connectivity index is 2.04. The van der Waals surface area contributed by atoms with Crippen LogP contribution in [0, 0.1) is 0 Å². The van der Waals surface area contributed by atoms with Gasteiger partial charge in [0.15, 0.2) is 0 Å². The van der Waals surface area contributed by atoms with Crippen LogP contribution in [0.2, 0.25) is 0 Å². The highest BCUT2D eigenvalue weighted by Crippen LogP contribution is 2.42. The predicted octanol–water partition coefficient (Wildman–Crippen LogP) is 3.89. The van der Waals surface area contributed by atoms with Crippen LogP contribution in [0.1, 0.15) is 11.6 Å². The van der Waals surface area contributed by atoms with Crippen molar-refractivity contribution in [2.24, 2.45) is 0 Å². The van der Waals surface area contributed by atoms with Crippen molar-refractivity contribution in [3.63, 3.8) is 0 Å². The van der Waals surface area contributed by atoms with Crippen LogP contribution in [0.4, 0.5) is 5.69 Å². The molecule has 0 aliphatic carbocycles. The number of hydrogen-bond acceptors (Lipinski definition) is 1. The maximum atomic E-state index is 12.3. The van der Waals surface area contributed by atoms with Gasteiger partial charge in [0.05, 0.1) is 6.04 Å². The molecule has 1 heterocycles. The van der Waals surface area contributed by atoms with Crippen molar-refractivity contribution >= 4 is 11.6 Å². The standard InChI is InChI=1S/C18H15NO/c1-2-9-16-17(14-10-5-3-6-11-14)19(18(16)20)15-12-7-4-8-13-15/h2-13,17H,1H2/b16-9+/t17-/m1/s1. The number of benzene rings is 2. The van der Waals surface area contributed by atoms with Gasteiger partial charge in [0, 0.05) is 11.3 Å². The molecule has 1 aliphatic rings. The van der Waals surface area contributed by atoms with Crippen molar-refractivity contribution in [2.75, 3.05) is 4.90 Å². The number of amides is 1. The van der Waals surface area contributed by atoms with Gasteiger partial charge in [-0.05, 0) is 17.7 Å². The molecule has 1 aliphatic heterocycles. The van der Waals surface area contributed by atoms with Crippen LogP contribution in [0.3, 0.4) is 0 Å². The fourth-order valence-electron chi connectivity index (χ4n) is 2.55. The maximum Gasteiger partial charge on any atom is 0.257 e. The zero-order valence-corrected chi connectivity index (χ0v) is 11.1. The van der Waals surface area contributed by atoms with Gasteiger partial charge < -0.3 is 0 Å². The Morgan fingerprint density at radius 1 is 0.950 bits per heavy atom. The molecule has 2 aromatic carbocycles. The molecule has 0 radical (unpaired) electrons. The lowest BCUT2D eigenvalue weighted by Crippen LogP contribution is -2.49. The summed E-state index contributed by atoms with van der Waals surface area (Å²) in [7, 11) is 0. The van der Waals surface area contributed by atoms with Gasteiger partial charge in [0.1, 0.15) is 0 Å². The number of carbonyl (C=O) groups is 1. The average Bonchev–Trinajstić information content (AvgIpc) is 2.51. The molecule has 0 N–H and O–H groups in total. The Labute approximate surface area is 118 Å². The van der Waals surface area contributed by atoms with Crippen LogP contribution in [0.5, 0.6) is 0 Å². The molecule has 0 aromatic heterocycles. The lowest BCUT2D eigenvalue weighted by atomic mass is 9.87. The quantitative estimate of drug-likeness (QED) is 0.606.